The van der Waals surface area contributed by atoms with Gasteiger partial charge in [0.15, 0.2) is 5.75 Å². The van der Waals surface area contributed by atoms with Crippen molar-refractivity contribution in [2.45, 2.75) is 45.6 Å². The summed E-state index contributed by atoms with van der Waals surface area (Å²) in [4.78, 5) is 23.0. The normalized spacial score (nSPS) is 13.5. The predicted octanol–water partition coefficient (Wildman–Crippen LogP) is 2.28. The molecule has 0 aliphatic carbocycles. The molecule has 1 aliphatic heterocycles. The van der Waals surface area contributed by atoms with E-state index in [1.54, 1.807) is 6.92 Å². The van der Waals surface area contributed by atoms with Crippen LogP contribution in [0.4, 0.5) is 5.69 Å². The van der Waals surface area contributed by atoms with E-state index >= 15 is 0 Å². The number of amides is 1. The number of hydrogen-bond donors (Lipinski definition) is 1. The summed E-state index contributed by atoms with van der Waals surface area (Å²) in [7, 11) is 0. The lowest BCUT2D eigenvalue weighted by atomic mass is 10.1. The Labute approximate surface area is 156 Å². The molecule has 0 saturated heterocycles. The molecule has 1 aliphatic rings. The van der Waals surface area contributed by atoms with Crippen molar-refractivity contribution >= 4 is 11.6 Å². The molecule has 0 bridgehead atoms. The van der Waals surface area contributed by atoms with E-state index in [9.17, 15) is 14.9 Å². The first-order valence-corrected chi connectivity index (χ1v) is 9.20. The molecular formula is C18H23N5O4. The molecule has 2 heterocycles. The zero-order chi connectivity index (χ0) is 19.2. The molecule has 9 nitrogen and oxygen atoms in total. The van der Waals surface area contributed by atoms with Crippen LogP contribution in [0.5, 0.6) is 5.75 Å². The van der Waals surface area contributed by atoms with Crippen molar-refractivity contribution in [1.29, 1.82) is 0 Å². The lowest BCUT2D eigenvalue weighted by Gasteiger charge is -2.09. The SMILES string of the molecule is CCOc1ccc(C(=O)NCCc2nnc3n2CCCCC3)cc1[N+](=O)[O-]. The third-order valence-electron chi connectivity index (χ3n) is 4.54. The van der Waals surface area contributed by atoms with E-state index in [1.165, 1.54) is 24.6 Å². The molecule has 144 valence electrons. The number of nitro benzene ring substituents is 1. The Morgan fingerprint density at radius 1 is 1.33 bits per heavy atom. The number of carbonyl (C=O) groups excluding carboxylic acids is 1. The third kappa shape index (κ3) is 4.42. The Morgan fingerprint density at radius 2 is 2.19 bits per heavy atom. The number of nitro groups is 1. The zero-order valence-electron chi connectivity index (χ0n) is 15.3. The van der Waals surface area contributed by atoms with Crippen molar-refractivity contribution in [3.8, 4) is 5.75 Å². The molecule has 0 fully saturated rings. The minimum absolute atomic E-state index is 0.158. The first-order valence-electron chi connectivity index (χ1n) is 9.20. The number of aryl methyl sites for hydroxylation is 1. The van der Waals surface area contributed by atoms with Gasteiger partial charge in [-0.05, 0) is 31.9 Å². The van der Waals surface area contributed by atoms with Gasteiger partial charge in [0.2, 0.25) is 0 Å². The van der Waals surface area contributed by atoms with Gasteiger partial charge in [0.1, 0.15) is 11.6 Å². The number of ether oxygens (including phenoxy) is 1. The minimum atomic E-state index is -0.548. The number of nitrogens with zero attached hydrogens (tertiary/aromatic N) is 4. The molecule has 2 aromatic rings. The average molecular weight is 373 g/mol. The van der Waals surface area contributed by atoms with Crippen molar-refractivity contribution in [3.05, 3.63) is 45.5 Å². The van der Waals surface area contributed by atoms with E-state index in [1.807, 2.05) is 0 Å². The highest BCUT2D eigenvalue weighted by atomic mass is 16.6. The third-order valence-corrected chi connectivity index (χ3v) is 4.54. The maximum atomic E-state index is 12.3. The molecule has 0 atom stereocenters. The number of benzene rings is 1. The Kier molecular flexibility index (Phi) is 6.00. The number of rotatable bonds is 7. The van der Waals surface area contributed by atoms with Crippen LogP contribution in [0.2, 0.25) is 0 Å². The standard InChI is InChI=1S/C18H23N5O4/c1-2-27-15-8-7-13(12-14(15)23(25)26)18(24)19-10-9-17-21-20-16-6-4-3-5-11-22(16)17/h7-8,12H,2-6,9-11H2,1H3,(H,19,24). The number of nitrogens with one attached hydrogen (secondary N) is 1. The van der Waals surface area contributed by atoms with Gasteiger partial charge in [-0.2, -0.15) is 0 Å². The first kappa shape index (κ1) is 18.8. The molecule has 27 heavy (non-hydrogen) atoms. The molecule has 0 unspecified atom stereocenters. The van der Waals surface area contributed by atoms with Crippen LogP contribution < -0.4 is 10.1 Å². The van der Waals surface area contributed by atoms with Crippen LogP contribution >= 0.6 is 0 Å². The minimum Gasteiger partial charge on any atom is -0.487 e. The molecule has 1 aromatic heterocycles. The van der Waals surface area contributed by atoms with Gasteiger partial charge in [0, 0.05) is 37.6 Å². The van der Waals surface area contributed by atoms with E-state index in [0.717, 1.165) is 37.5 Å². The largest absolute Gasteiger partial charge is 0.487 e. The lowest BCUT2D eigenvalue weighted by Crippen LogP contribution is -2.26. The molecule has 9 heteroatoms. The quantitative estimate of drug-likeness (QED) is 0.588. The number of fused-ring (bicyclic) bond motifs is 1. The molecule has 0 spiro atoms. The average Bonchev–Trinajstić information content (AvgIpc) is 2.88. The first-order chi connectivity index (χ1) is 13.1. The van der Waals surface area contributed by atoms with Crippen molar-refractivity contribution in [3.63, 3.8) is 0 Å². The molecule has 1 N–H and O–H groups in total. The highest BCUT2D eigenvalue weighted by Crippen LogP contribution is 2.28. The summed E-state index contributed by atoms with van der Waals surface area (Å²) in [5.74, 6) is 1.67. The van der Waals surface area contributed by atoms with Crippen LogP contribution in [-0.2, 0) is 19.4 Å². The molecule has 1 aromatic carbocycles. The van der Waals surface area contributed by atoms with Gasteiger partial charge in [-0.15, -0.1) is 10.2 Å². The van der Waals surface area contributed by atoms with E-state index in [-0.39, 0.29) is 22.9 Å². The molecule has 3 rings (SSSR count). The van der Waals surface area contributed by atoms with Gasteiger partial charge in [-0.1, -0.05) is 6.42 Å². The highest BCUT2D eigenvalue weighted by molar-refractivity contribution is 5.95. The number of aromatic nitrogens is 3. The summed E-state index contributed by atoms with van der Waals surface area (Å²) in [5, 5.41) is 22.5. The molecule has 1 amide bonds. The van der Waals surface area contributed by atoms with Crippen molar-refractivity contribution < 1.29 is 14.5 Å². The van der Waals surface area contributed by atoms with E-state index in [2.05, 4.69) is 20.1 Å². The lowest BCUT2D eigenvalue weighted by molar-refractivity contribution is -0.385. The van der Waals surface area contributed by atoms with E-state index in [0.29, 0.717) is 19.6 Å². The second kappa shape index (κ2) is 8.61. The summed E-state index contributed by atoms with van der Waals surface area (Å²) in [6.45, 7) is 3.36. The van der Waals surface area contributed by atoms with Gasteiger partial charge in [-0.3, -0.25) is 14.9 Å². The zero-order valence-corrected chi connectivity index (χ0v) is 15.3. The van der Waals surface area contributed by atoms with Gasteiger partial charge < -0.3 is 14.6 Å². The van der Waals surface area contributed by atoms with Crippen LogP contribution in [-0.4, -0.2) is 38.7 Å². The summed E-state index contributed by atoms with van der Waals surface area (Å²) in [5.41, 5.74) is 0.0116. The summed E-state index contributed by atoms with van der Waals surface area (Å²) >= 11 is 0. The second-order valence-corrected chi connectivity index (χ2v) is 6.37. The van der Waals surface area contributed by atoms with Gasteiger partial charge in [-0.25, -0.2) is 0 Å². The van der Waals surface area contributed by atoms with Crippen LogP contribution in [0.3, 0.4) is 0 Å². The van der Waals surface area contributed by atoms with Gasteiger partial charge >= 0.3 is 5.69 Å². The van der Waals surface area contributed by atoms with Crippen molar-refractivity contribution in [1.82, 2.24) is 20.1 Å². The summed E-state index contributed by atoms with van der Waals surface area (Å²) in [6, 6.07) is 4.22. The van der Waals surface area contributed by atoms with Crippen LogP contribution in [0.1, 0.15) is 48.2 Å². The number of hydrogen-bond acceptors (Lipinski definition) is 6. The second-order valence-electron chi connectivity index (χ2n) is 6.37. The monoisotopic (exact) mass is 373 g/mol. The Balaban J connectivity index is 1.62. The summed E-state index contributed by atoms with van der Waals surface area (Å²) < 4.78 is 7.37. The smallest absolute Gasteiger partial charge is 0.311 e. The van der Waals surface area contributed by atoms with E-state index < -0.39 is 4.92 Å². The summed E-state index contributed by atoms with van der Waals surface area (Å²) in [6.07, 6.45) is 4.94. The maximum absolute atomic E-state index is 12.3. The predicted molar refractivity (Wildman–Crippen MR) is 97.9 cm³/mol. The van der Waals surface area contributed by atoms with Crippen molar-refractivity contribution in [2.75, 3.05) is 13.2 Å². The van der Waals surface area contributed by atoms with Gasteiger partial charge in [0.25, 0.3) is 5.91 Å². The Bertz CT molecular complexity index is 833. The van der Waals surface area contributed by atoms with Crippen LogP contribution in [0, 0.1) is 10.1 Å². The van der Waals surface area contributed by atoms with Gasteiger partial charge in [0.05, 0.1) is 11.5 Å². The molecule has 0 saturated carbocycles. The topological polar surface area (TPSA) is 112 Å². The Morgan fingerprint density at radius 3 is 2.96 bits per heavy atom. The van der Waals surface area contributed by atoms with Crippen LogP contribution in [0.15, 0.2) is 18.2 Å². The fraction of sp³-hybridized carbons (Fsp3) is 0.500. The molecule has 0 radical (unpaired) electrons. The maximum Gasteiger partial charge on any atom is 0.311 e. The van der Waals surface area contributed by atoms with Crippen molar-refractivity contribution in [2.24, 2.45) is 0 Å². The van der Waals surface area contributed by atoms with Crippen LogP contribution in [0.25, 0.3) is 0 Å². The number of carbonyl (C=O) groups is 1. The fourth-order valence-corrected chi connectivity index (χ4v) is 3.20. The Hall–Kier alpha value is -2.97. The highest BCUT2D eigenvalue weighted by Gasteiger charge is 2.19. The molecular weight excluding hydrogens is 350 g/mol. The van der Waals surface area contributed by atoms with E-state index in [4.69, 9.17) is 4.74 Å². The fourth-order valence-electron chi connectivity index (χ4n) is 3.20.